The summed E-state index contributed by atoms with van der Waals surface area (Å²) in [5.74, 6) is -1.21. The number of ether oxygens (including phenoxy) is 2. The van der Waals surface area contributed by atoms with Crippen LogP contribution in [0, 0.1) is 0 Å². The van der Waals surface area contributed by atoms with Crippen molar-refractivity contribution in [3.8, 4) is 0 Å². The van der Waals surface area contributed by atoms with E-state index in [1.807, 2.05) is 0 Å². The van der Waals surface area contributed by atoms with E-state index in [0.717, 1.165) is 0 Å². The Bertz CT molecular complexity index is 386. The molecule has 1 aliphatic heterocycles. The molecule has 0 bridgehead atoms. The molecule has 1 heterocycles. The van der Waals surface area contributed by atoms with Crippen LogP contribution in [0.4, 0.5) is 4.79 Å². The second kappa shape index (κ2) is 3.61. The lowest BCUT2D eigenvalue weighted by atomic mass is 10.1. The topological polar surface area (TPSA) is 72.8 Å². The molecule has 2 rings (SSSR count). The van der Waals surface area contributed by atoms with Gasteiger partial charge in [-0.25, -0.2) is 9.59 Å². The van der Waals surface area contributed by atoms with Crippen molar-refractivity contribution in [2.24, 2.45) is 0 Å². The molecule has 5 heteroatoms. The van der Waals surface area contributed by atoms with Crippen molar-refractivity contribution >= 4 is 12.1 Å². The molecule has 1 aromatic rings. The van der Waals surface area contributed by atoms with Crippen molar-refractivity contribution in [2.45, 2.75) is 12.2 Å². The number of carbonyl (C=O) groups excluding carboxylic acids is 1. The molecule has 0 spiro atoms. The van der Waals surface area contributed by atoms with E-state index in [4.69, 9.17) is 9.84 Å². The van der Waals surface area contributed by atoms with Gasteiger partial charge in [0.05, 0.1) is 0 Å². The molecular weight excluding hydrogens is 200 g/mol. The van der Waals surface area contributed by atoms with Crippen LogP contribution >= 0.6 is 0 Å². The quantitative estimate of drug-likeness (QED) is 0.742. The molecule has 1 saturated heterocycles. The fourth-order valence-electron chi connectivity index (χ4n) is 1.42. The Balaban J connectivity index is 2.28. The highest BCUT2D eigenvalue weighted by Gasteiger charge is 2.42. The third kappa shape index (κ3) is 1.76. The van der Waals surface area contributed by atoms with Gasteiger partial charge in [-0.15, -0.1) is 0 Å². The summed E-state index contributed by atoms with van der Waals surface area (Å²) in [6, 6.07) is 8.63. The van der Waals surface area contributed by atoms with Crippen LogP contribution < -0.4 is 0 Å². The number of cyclic esters (lactones) is 2. The smallest absolute Gasteiger partial charge is 0.478 e. The summed E-state index contributed by atoms with van der Waals surface area (Å²) in [5, 5.41) is 8.81. The Morgan fingerprint density at radius 2 is 1.87 bits per heavy atom. The average Bonchev–Trinajstić information content (AvgIpc) is 2.62. The van der Waals surface area contributed by atoms with Crippen LogP contribution in [0.15, 0.2) is 30.3 Å². The zero-order valence-corrected chi connectivity index (χ0v) is 7.62. The van der Waals surface area contributed by atoms with Crippen LogP contribution in [-0.4, -0.2) is 23.3 Å². The molecule has 78 valence electrons. The maximum absolute atomic E-state index is 10.8. The predicted octanol–water partition coefficient (Wildman–Crippen LogP) is 1.35. The van der Waals surface area contributed by atoms with E-state index < -0.39 is 24.3 Å². The molecule has 5 nitrogen and oxygen atoms in total. The summed E-state index contributed by atoms with van der Waals surface area (Å²) in [6.45, 7) is 0. The zero-order chi connectivity index (χ0) is 10.8. The number of hydrogen-bond acceptors (Lipinski definition) is 4. The fraction of sp³-hybridized carbons (Fsp3) is 0.200. The minimum atomic E-state index is -1.26. The minimum Gasteiger partial charge on any atom is -0.478 e. The molecule has 0 radical (unpaired) electrons. The van der Waals surface area contributed by atoms with E-state index in [1.54, 1.807) is 30.3 Å². The van der Waals surface area contributed by atoms with Crippen LogP contribution in [0.2, 0.25) is 0 Å². The van der Waals surface area contributed by atoms with Gasteiger partial charge in [-0.1, -0.05) is 30.3 Å². The van der Waals surface area contributed by atoms with E-state index in [1.165, 1.54) is 0 Å². The first-order chi connectivity index (χ1) is 7.18. The lowest BCUT2D eigenvalue weighted by molar-refractivity contribution is -0.146. The normalized spacial score (nSPS) is 24.4. The average molecular weight is 208 g/mol. The maximum atomic E-state index is 10.8. The van der Waals surface area contributed by atoms with Gasteiger partial charge < -0.3 is 14.6 Å². The first kappa shape index (κ1) is 9.51. The third-order valence-electron chi connectivity index (χ3n) is 2.09. The molecular formula is C10H8O5. The number of benzene rings is 1. The van der Waals surface area contributed by atoms with Crippen molar-refractivity contribution in [1.82, 2.24) is 0 Å². The first-order valence-electron chi connectivity index (χ1n) is 4.33. The Morgan fingerprint density at radius 3 is 2.47 bits per heavy atom. The van der Waals surface area contributed by atoms with Gasteiger partial charge in [-0.05, 0) is 5.56 Å². The number of hydrogen-bond donors (Lipinski definition) is 1. The van der Waals surface area contributed by atoms with Crippen molar-refractivity contribution in [3.63, 3.8) is 0 Å². The maximum Gasteiger partial charge on any atom is 0.510 e. The molecule has 0 aromatic heterocycles. The van der Waals surface area contributed by atoms with Gasteiger partial charge in [0.25, 0.3) is 0 Å². The molecule has 1 N–H and O–H groups in total. The second-order valence-electron chi connectivity index (χ2n) is 3.08. The van der Waals surface area contributed by atoms with Crippen molar-refractivity contribution in [1.29, 1.82) is 0 Å². The van der Waals surface area contributed by atoms with Crippen LogP contribution in [0.25, 0.3) is 0 Å². The largest absolute Gasteiger partial charge is 0.510 e. The van der Waals surface area contributed by atoms with Crippen molar-refractivity contribution in [2.75, 3.05) is 0 Å². The molecule has 1 aliphatic rings. The van der Waals surface area contributed by atoms with Gasteiger partial charge >= 0.3 is 12.1 Å². The molecule has 2 atom stereocenters. The molecule has 15 heavy (non-hydrogen) atoms. The number of aliphatic carboxylic acids is 1. The summed E-state index contributed by atoms with van der Waals surface area (Å²) < 4.78 is 9.31. The predicted molar refractivity (Wildman–Crippen MR) is 48.2 cm³/mol. The van der Waals surface area contributed by atoms with Crippen molar-refractivity contribution < 1.29 is 24.2 Å². The standard InChI is InChI=1S/C10H8O5/c11-9(12)8-7(14-10(13)15-8)6-4-2-1-3-5-6/h1-5,7-8H,(H,11,12). The van der Waals surface area contributed by atoms with Crippen LogP contribution in [0.1, 0.15) is 11.7 Å². The lowest BCUT2D eigenvalue weighted by Crippen LogP contribution is -2.25. The van der Waals surface area contributed by atoms with Gasteiger partial charge in [0.2, 0.25) is 6.10 Å². The second-order valence-corrected chi connectivity index (χ2v) is 3.08. The van der Waals surface area contributed by atoms with E-state index in [2.05, 4.69) is 4.74 Å². The molecule has 0 aliphatic carbocycles. The Hall–Kier alpha value is -2.04. The van der Waals surface area contributed by atoms with Gasteiger partial charge in [0, 0.05) is 0 Å². The number of carboxylic acids is 1. The van der Waals surface area contributed by atoms with E-state index in [-0.39, 0.29) is 0 Å². The van der Waals surface area contributed by atoms with E-state index >= 15 is 0 Å². The SMILES string of the molecule is O=C1OC(C(=O)O)C(c2ccccc2)O1. The van der Waals surface area contributed by atoms with Crippen LogP contribution in [-0.2, 0) is 14.3 Å². The van der Waals surface area contributed by atoms with E-state index in [9.17, 15) is 9.59 Å². The Labute approximate surface area is 85.2 Å². The summed E-state index contributed by atoms with van der Waals surface area (Å²) in [5.41, 5.74) is 0.607. The highest BCUT2D eigenvalue weighted by Crippen LogP contribution is 2.29. The minimum absolute atomic E-state index is 0.607. The van der Waals surface area contributed by atoms with Gasteiger partial charge in [0.1, 0.15) is 0 Å². The highest BCUT2D eigenvalue weighted by atomic mass is 16.8. The molecule has 2 unspecified atom stereocenters. The highest BCUT2D eigenvalue weighted by molar-refractivity contribution is 5.79. The Kier molecular flexibility index (Phi) is 2.29. The number of carbonyl (C=O) groups is 2. The number of rotatable bonds is 2. The molecule has 1 fully saturated rings. The fourth-order valence-corrected chi connectivity index (χ4v) is 1.42. The Morgan fingerprint density at radius 1 is 1.20 bits per heavy atom. The van der Waals surface area contributed by atoms with Crippen molar-refractivity contribution in [3.05, 3.63) is 35.9 Å². The summed E-state index contributed by atoms with van der Waals surface area (Å²) in [6.07, 6.45) is -3.08. The summed E-state index contributed by atoms with van der Waals surface area (Å²) >= 11 is 0. The summed E-state index contributed by atoms with van der Waals surface area (Å²) in [7, 11) is 0. The lowest BCUT2D eigenvalue weighted by Gasteiger charge is -2.11. The molecule has 0 amide bonds. The van der Waals surface area contributed by atoms with Crippen LogP contribution in [0.3, 0.4) is 0 Å². The monoisotopic (exact) mass is 208 g/mol. The zero-order valence-electron chi connectivity index (χ0n) is 7.62. The molecule has 0 saturated carbocycles. The third-order valence-corrected chi connectivity index (χ3v) is 2.09. The van der Waals surface area contributed by atoms with E-state index in [0.29, 0.717) is 5.56 Å². The van der Waals surface area contributed by atoms with Gasteiger partial charge in [0.15, 0.2) is 6.10 Å². The van der Waals surface area contributed by atoms with Crippen LogP contribution in [0.5, 0.6) is 0 Å². The summed E-state index contributed by atoms with van der Waals surface area (Å²) in [4.78, 5) is 21.6. The molecule has 1 aromatic carbocycles. The first-order valence-corrected chi connectivity index (χ1v) is 4.33. The number of carboxylic acid groups (broad SMARTS) is 1. The van der Waals surface area contributed by atoms with Gasteiger partial charge in [-0.3, -0.25) is 0 Å². The van der Waals surface area contributed by atoms with Gasteiger partial charge in [-0.2, -0.15) is 0 Å².